The number of phenolic OH excluding ortho intramolecular Hbond substituents is 2. The maximum absolute atomic E-state index is 12.4. The van der Waals surface area contributed by atoms with E-state index in [4.69, 9.17) is 0 Å². The molecule has 0 saturated heterocycles. The summed E-state index contributed by atoms with van der Waals surface area (Å²) in [6.45, 7) is 1.20. The molecule has 98 valence electrons. The Morgan fingerprint density at radius 3 is 2.95 bits per heavy atom. The summed E-state index contributed by atoms with van der Waals surface area (Å²) in [6.07, 6.45) is 0.846. The molecular formula is C14H13NO3S. The molecule has 2 N–H and O–H groups in total. The number of fused-ring (bicyclic) bond motifs is 1. The van der Waals surface area contributed by atoms with Gasteiger partial charge in [-0.1, -0.05) is 0 Å². The Balaban J connectivity index is 1.87. The SMILES string of the molecule is O=C(c1cc(O)ccc1O)N1CCc2sccc2C1. The highest BCUT2D eigenvalue weighted by Crippen LogP contribution is 2.28. The lowest BCUT2D eigenvalue weighted by Gasteiger charge is -2.27. The number of phenols is 2. The van der Waals surface area contributed by atoms with Gasteiger partial charge in [-0.3, -0.25) is 4.79 Å². The normalized spacial score (nSPS) is 14.2. The quantitative estimate of drug-likeness (QED) is 0.785. The lowest BCUT2D eigenvalue weighted by molar-refractivity contribution is 0.0732. The zero-order valence-electron chi connectivity index (χ0n) is 10.2. The Labute approximate surface area is 114 Å². The molecule has 0 saturated carbocycles. The van der Waals surface area contributed by atoms with Gasteiger partial charge in [-0.2, -0.15) is 0 Å². The fourth-order valence-electron chi connectivity index (χ4n) is 2.29. The summed E-state index contributed by atoms with van der Waals surface area (Å²) >= 11 is 1.71. The minimum Gasteiger partial charge on any atom is -0.508 e. The molecule has 0 aliphatic carbocycles. The number of nitrogens with zero attached hydrogens (tertiary/aromatic N) is 1. The summed E-state index contributed by atoms with van der Waals surface area (Å²) in [6, 6.07) is 6.03. The van der Waals surface area contributed by atoms with Crippen molar-refractivity contribution in [3.05, 3.63) is 45.6 Å². The first-order valence-electron chi connectivity index (χ1n) is 6.01. The summed E-state index contributed by atoms with van der Waals surface area (Å²) < 4.78 is 0. The average Bonchev–Trinajstić information content (AvgIpc) is 2.88. The molecular weight excluding hydrogens is 262 g/mol. The van der Waals surface area contributed by atoms with E-state index < -0.39 is 0 Å². The second-order valence-electron chi connectivity index (χ2n) is 4.55. The van der Waals surface area contributed by atoms with E-state index in [1.807, 2.05) is 11.4 Å². The molecule has 0 radical (unpaired) electrons. The summed E-state index contributed by atoms with van der Waals surface area (Å²) in [5, 5.41) is 21.2. The Morgan fingerprint density at radius 1 is 1.26 bits per heavy atom. The molecule has 2 aromatic rings. The smallest absolute Gasteiger partial charge is 0.258 e. The van der Waals surface area contributed by atoms with Gasteiger partial charge in [0.15, 0.2) is 0 Å². The summed E-state index contributed by atoms with van der Waals surface area (Å²) in [5.74, 6) is -0.362. The van der Waals surface area contributed by atoms with Crippen molar-refractivity contribution in [3.63, 3.8) is 0 Å². The van der Waals surface area contributed by atoms with E-state index in [9.17, 15) is 15.0 Å². The molecule has 5 heteroatoms. The van der Waals surface area contributed by atoms with Crippen molar-refractivity contribution in [1.82, 2.24) is 4.90 Å². The molecule has 2 heterocycles. The van der Waals surface area contributed by atoms with Crippen molar-refractivity contribution < 1.29 is 15.0 Å². The van der Waals surface area contributed by atoms with Crippen LogP contribution in [0.25, 0.3) is 0 Å². The number of carbonyl (C=O) groups excluding carboxylic acids is 1. The molecule has 0 bridgehead atoms. The van der Waals surface area contributed by atoms with E-state index in [2.05, 4.69) is 0 Å². The highest BCUT2D eigenvalue weighted by Gasteiger charge is 2.24. The van der Waals surface area contributed by atoms with Gasteiger partial charge in [-0.15, -0.1) is 11.3 Å². The monoisotopic (exact) mass is 275 g/mol. The van der Waals surface area contributed by atoms with Gasteiger partial charge in [-0.05, 0) is 41.6 Å². The average molecular weight is 275 g/mol. The van der Waals surface area contributed by atoms with Crippen LogP contribution in [0.5, 0.6) is 11.5 Å². The predicted octanol–water partition coefficient (Wildman–Crippen LogP) is 2.36. The Kier molecular flexibility index (Phi) is 2.91. The minimum absolute atomic E-state index is 0.0191. The van der Waals surface area contributed by atoms with Crippen LogP contribution in [0, 0.1) is 0 Å². The van der Waals surface area contributed by atoms with Crippen LogP contribution in [-0.2, 0) is 13.0 Å². The van der Waals surface area contributed by atoms with Crippen molar-refractivity contribution in [2.24, 2.45) is 0 Å². The fraction of sp³-hybridized carbons (Fsp3) is 0.214. The standard InChI is InChI=1S/C14H13NO3S/c16-10-1-2-12(17)11(7-10)14(18)15-5-3-13-9(8-15)4-6-19-13/h1-2,4,6-7,16-17H,3,5,8H2. The van der Waals surface area contributed by atoms with Gasteiger partial charge in [0.05, 0.1) is 5.56 Å². The number of aromatic hydroxyl groups is 2. The van der Waals surface area contributed by atoms with E-state index in [0.29, 0.717) is 13.1 Å². The largest absolute Gasteiger partial charge is 0.508 e. The molecule has 4 nitrogen and oxygen atoms in total. The van der Waals surface area contributed by atoms with Gasteiger partial charge >= 0.3 is 0 Å². The number of benzene rings is 1. The van der Waals surface area contributed by atoms with E-state index in [1.54, 1.807) is 16.2 Å². The van der Waals surface area contributed by atoms with Gasteiger partial charge in [0.2, 0.25) is 0 Å². The number of hydrogen-bond acceptors (Lipinski definition) is 4. The third-order valence-corrected chi connectivity index (χ3v) is 4.33. The third kappa shape index (κ3) is 2.17. The Bertz CT molecular complexity index is 635. The van der Waals surface area contributed by atoms with Crippen LogP contribution in [-0.4, -0.2) is 27.6 Å². The zero-order valence-corrected chi connectivity index (χ0v) is 11.0. The second-order valence-corrected chi connectivity index (χ2v) is 5.55. The van der Waals surface area contributed by atoms with Gasteiger partial charge in [-0.25, -0.2) is 0 Å². The predicted molar refractivity (Wildman–Crippen MR) is 72.5 cm³/mol. The van der Waals surface area contributed by atoms with Gasteiger partial charge in [0.25, 0.3) is 5.91 Å². The number of rotatable bonds is 1. The molecule has 1 aliphatic rings. The first-order valence-corrected chi connectivity index (χ1v) is 6.89. The molecule has 1 aliphatic heterocycles. The highest BCUT2D eigenvalue weighted by atomic mass is 32.1. The number of hydrogen-bond donors (Lipinski definition) is 2. The van der Waals surface area contributed by atoms with Crippen molar-refractivity contribution in [2.45, 2.75) is 13.0 Å². The van der Waals surface area contributed by atoms with Crippen LogP contribution in [0.3, 0.4) is 0 Å². The molecule has 0 unspecified atom stereocenters. The summed E-state index contributed by atoms with van der Waals surface area (Å²) in [5.41, 5.74) is 1.32. The zero-order chi connectivity index (χ0) is 13.4. The van der Waals surface area contributed by atoms with Crippen LogP contribution < -0.4 is 0 Å². The highest BCUT2D eigenvalue weighted by molar-refractivity contribution is 7.10. The molecule has 19 heavy (non-hydrogen) atoms. The lowest BCUT2D eigenvalue weighted by Crippen LogP contribution is -2.35. The molecule has 1 aromatic carbocycles. The van der Waals surface area contributed by atoms with E-state index in [1.165, 1.54) is 28.6 Å². The maximum Gasteiger partial charge on any atom is 0.258 e. The van der Waals surface area contributed by atoms with E-state index >= 15 is 0 Å². The van der Waals surface area contributed by atoms with Gasteiger partial charge in [0.1, 0.15) is 11.5 Å². The van der Waals surface area contributed by atoms with Crippen LogP contribution in [0.2, 0.25) is 0 Å². The maximum atomic E-state index is 12.4. The Hall–Kier alpha value is -2.01. The first-order chi connectivity index (χ1) is 9.15. The number of thiophene rings is 1. The third-order valence-electron chi connectivity index (χ3n) is 3.31. The van der Waals surface area contributed by atoms with Crippen LogP contribution >= 0.6 is 11.3 Å². The Morgan fingerprint density at radius 2 is 2.11 bits per heavy atom. The van der Waals surface area contributed by atoms with Gasteiger partial charge in [0, 0.05) is 18.0 Å². The summed E-state index contributed by atoms with van der Waals surface area (Å²) in [4.78, 5) is 15.4. The molecule has 1 aromatic heterocycles. The second kappa shape index (κ2) is 4.59. The molecule has 0 fully saturated rings. The topological polar surface area (TPSA) is 60.8 Å². The molecule has 3 rings (SSSR count). The van der Waals surface area contributed by atoms with Crippen LogP contribution in [0.1, 0.15) is 20.8 Å². The molecule has 1 amide bonds. The van der Waals surface area contributed by atoms with Gasteiger partial charge < -0.3 is 15.1 Å². The number of amides is 1. The molecule has 0 spiro atoms. The van der Waals surface area contributed by atoms with Crippen LogP contribution in [0.15, 0.2) is 29.6 Å². The van der Waals surface area contributed by atoms with E-state index in [-0.39, 0.29) is 23.0 Å². The van der Waals surface area contributed by atoms with E-state index in [0.717, 1.165) is 6.42 Å². The first kappa shape index (κ1) is 12.0. The fourth-order valence-corrected chi connectivity index (χ4v) is 3.18. The number of carbonyl (C=O) groups is 1. The van der Waals surface area contributed by atoms with Crippen molar-refractivity contribution >= 4 is 17.2 Å². The van der Waals surface area contributed by atoms with Crippen molar-refractivity contribution in [3.8, 4) is 11.5 Å². The van der Waals surface area contributed by atoms with Crippen molar-refractivity contribution in [1.29, 1.82) is 0 Å². The summed E-state index contributed by atoms with van der Waals surface area (Å²) in [7, 11) is 0. The van der Waals surface area contributed by atoms with Crippen molar-refractivity contribution in [2.75, 3.05) is 6.54 Å². The minimum atomic E-state index is -0.245. The lowest BCUT2D eigenvalue weighted by atomic mass is 10.1. The van der Waals surface area contributed by atoms with Crippen LogP contribution in [0.4, 0.5) is 0 Å². The molecule has 0 atom stereocenters.